The number of nitrogens with zero attached hydrogens (tertiary/aromatic N) is 1. The summed E-state index contributed by atoms with van der Waals surface area (Å²) < 4.78 is 5.07. The number of amides is 5. The second-order valence-corrected chi connectivity index (χ2v) is 7.19. The van der Waals surface area contributed by atoms with E-state index >= 15 is 0 Å². The van der Waals surface area contributed by atoms with Gasteiger partial charge in [0.25, 0.3) is 5.91 Å². The molecule has 3 N–H and O–H groups in total. The average molecular weight is 400 g/mol. The van der Waals surface area contributed by atoms with Crippen LogP contribution in [0.3, 0.4) is 0 Å². The van der Waals surface area contributed by atoms with E-state index in [-0.39, 0.29) is 24.4 Å². The fraction of sp³-hybridized carbons (Fsp3) is 0.400. The molecule has 9 nitrogen and oxygen atoms in total. The van der Waals surface area contributed by atoms with E-state index in [2.05, 4.69) is 16.0 Å². The fourth-order valence-corrected chi connectivity index (χ4v) is 3.72. The van der Waals surface area contributed by atoms with Gasteiger partial charge in [0.15, 0.2) is 0 Å². The van der Waals surface area contributed by atoms with Gasteiger partial charge in [-0.05, 0) is 38.8 Å². The van der Waals surface area contributed by atoms with Gasteiger partial charge >= 0.3 is 18.0 Å². The molecule has 2 aliphatic heterocycles. The third-order valence-corrected chi connectivity index (χ3v) is 5.14. The van der Waals surface area contributed by atoms with Crippen molar-refractivity contribution in [2.24, 2.45) is 0 Å². The maximum atomic E-state index is 13.2. The van der Waals surface area contributed by atoms with Gasteiger partial charge in [-0.2, -0.15) is 0 Å². The van der Waals surface area contributed by atoms with Crippen LogP contribution in [0.5, 0.6) is 0 Å². The van der Waals surface area contributed by atoms with Crippen molar-refractivity contribution < 1.29 is 23.9 Å². The van der Waals surface area contributed by atoms with Gasteiger partial charge in [-0.3, -0.25) is 9.69 Å². The summed E-state index contributed by atoms with van der Waals surface area (Å²) in [5, 5.41) is 7.86. The molecule has 2 aliphatic rings. The highest BCUT2D eigenvalue weighted by atomic mass is 16.5. The molecule has 154 valence electrons. The number of carbonyl (C=O) groups excluding carboxylic acids is 4. The predicted molar refractivity (Wildman–Crippen MR) is 104 cm³/mol. The van der Waals surface area contributed by atoms with Crippen LogP contribution < -0.4 is 16.0 Å². The summed E-state index contributed by atoms with van der Waals surface area (Å²) in [7, 11) is 0. The number of benzene rings is 1. The van der Waals surface area contributed by atoms with Crippen LogP contribution in [-0.4, -0.2) is 48.0 Å². The Hall–Kier alpha value is -3.36. The lowest BCUT2D eigenvalue weighted by Crippen LogP contribution is -2.52. The van der Waals surface area contributed by atoms with Crippen LogP contribution in [0.2, 0.25) is 0 Å². The smallest absolute Gasteiger partial charge is 0.337 e. The Morgan fingerprint density at radius 3 is 2.59 bits per heavy atom. The van der Waals surface area contributed by atoms with Crippen molar-refractivity contribution in [2.75, 3.05) is 13.2 Å². The van der Waals surface area contributed by atoms with E-state index in [1.54, 1.807) is 32.9 Å². The van der Waals surface area contributed by atoms with Gasteiger partial charge in [-0.25, -0.2) is 14.4 Å². The average Bonchev–Trinajstić information content (AvgIpc) is 2.85. The number of imide groups is 1. The number of hydrogen-bond donors (Lipinski definition) is 3. The third-order valence-electron chi connectivity index (χ3n) is 5.14. The molecule has 5 amide bonds. The highest BCUT2D eigenvalue weighted by Crippen LogP contribution is 2.31. The van der Waals surface area contributed by atoms with E-state index in [4.69, 9.17) is 4.74 Å². The van der Waals surface area contributed by atoms with Gasteiger partial charge in [0.2, 0.25) is 0 Å². The molecule has 2 heterocycles. The summed E-state index contributed by atoms with van der Waals surface area (Å²) in [6, 6.07) is 5.55. The first-order valence-corrected chi connectivity index (χ1v) is 9.37. The second kappa shape index (κ2) is 7.57. The number of carbonyl (C=O) groups is 4. The molecular weight excluding hydrogens is 376 g/mol. The molecule has 0 radical (unpaired) electrons. The normalized spacial score (nSPS) is 24.2. The summed E-state index contributed by atoms with van der Waals surface area (Å²) in [5.41, 5.74) is 0.646. The predicted octanol–water partition coefficient (Wildman–Crippen LogP) is 1.28. The molecule has 2 atom stereocenters. The molecule has 1 aromatic rings. The zero-order chi connectivity index (χ0) is 21.3. The van der Waals surface area contributed by atoms with Crippen LogP contribution in [0.15, 0.2) is 35.5 Å². The van der Waals surface area contributed by atoms with Gasteiger partial charge in [0, 0.05) is 0 Å². The summed E-state index contributed by atoms with van der Waals surface area (Å²) in [6.45, 7) is 6.71. The lowest BCUT2D eigenvalue weighted by atomic mass is 9.88. The van der Waals surface area contributed by atoms with E-state index < -0.39 is 35.5 Å². The molecule has 9 heteroatoms. The number of urea groups is 2. The third kappa shape index (κ3) is 3.55. The quantitative estimate of drug-likeness (QED) is 0.509. The lowest BCUT2D eigenvalue weighted by Gasteiger charge is -2.28. The maximum Gasteiger partial charge on any atom is 0.337 e. The Kier molecular flexibility index (Phi) is 5.32. The standard InChI is InChI=1S/C20H24N4O5/c1-5-29-16(25)15-12(3)21-18(27)22-14(15)10-24-17(26)20(4,23-19(24)28)13-9-7-6-8-11(13)2/h6-9,12H,5,10H2,1-4H3,(H,23,28)(H2,21,22,27). The van der Waals surface area contributed by atoms with Crippen LogP contribution in [0, 0.1) is 6.92 Å². The Balaban J connectivity index is 1.96. The number of aryl methyl sites for hydroxylation is 1. The van der Waals surface area contributed by atoms with Gasteiger partial charge in [-0.1, -0.05) is 24.3 Å². The fourth-order valence-electron chi connectivity index (χ4n) is 3.72. The van der Waals surface area contributed by atoms with E-state index in [0.29, 0.717) is 5.56 Å². The van der Waals surface area contributed by atoms with Crippen LogP contribution >= 0.6 is 0 Å². The molecular formula is C20H24N4O5. The van der Waals surface area contributed by atoms with Crippen molar-refractivity contribution in [2.45, 2.75) is 39.3 Å². The Bertz CT molecular complexity index is 925. The minimum atomic E-state index is -1.24. The van der Waals surface area contributed by atoms with Crippen molar-refractivity contribution >= 4 is 23.9 Å². The van der Waals surface area contributed by atoms with Gasteiger partial charge in [0.1, 0.15) is 5.54 Å². The molecule has 3 rings (SSSR count). The largest absolute Gasteiger partial charge is 0.463 e. The highest BCUT2D eigenvalue weighted by Gasteiger charge is 2.50. The second-order valence-electron chi connectivity index (χ2n) is 7.19. The van der Waals surface area contributed by atoms with Crippen LogP contribution in [-0.2, 0) is 19.9 Å². The minimum absolute atomic E-state index is 0.158. The number of rotatable bonds is 5. The number of nitrogens with one attached hydrogen (secondary N) is 3. The van der Waals surface area contributed by atoms with E-state index in [1.807, 2.05) is 19.1 Å². The summed E-state index contributed by atoms with van der Waals surface area (Å²) in [5.74, 6) is -1.08. The molecule has 1 fully saturated rings. The summed E-state index contributed by atoms with van der Waals surface area (Å²) in [4.78, 5) is 51.2. The number of esters is 1. The molecule has 2 unspecified atom stereocenters. The molecule has 0 spiro atoms. The first-order valence-electron chi connectivity index (χ1n) is 9.37. The zero-order valence-electron chi connectivity index (χ0n) is 16.8. The van der Waals surface area contributed by atoms with E-state index in [9.17, 15) is 19.2 Å². The number of ether oxygens (including phenoxy) is 1. The van der Waals surface area contributed by atoms with Crippen molar-refractivity contribution in [3.05, 3.63) is 46.7 Å². The molecule has 0 saturated carbocycles. The van der Waals surface area contributed by atoms with Gasteiger partial charge in [-0.15, -0.1) is 0 Å². The maximum absolute atomic E-state index is 13.2. The molecule has 29 heavy (non-hydrogen) atoms. The monoisotopic (exact) mass is 400 g/mol. The SMILES string of the molecule is CCOC(=O)C1=C(CN2C(=O)NC(C)(c3ccccc3C)C2=O)NC(=O)NC1C. The Labute approximate surface area is 168 Å². The lowest BCUT2D eigenvalue weighted by molar-refractivity contribution is -0.139. The first kappa shape index (κ1) is 20.4. The molecule has 1 aromatic carbocycles. The van der Waals surface area contributed by atoms with Crippen molar-refractivity contribution in [3.8, 4) is 0 Å². The van der Waals surface area contributed by atoms with Crippen molar-refractivity contribution in [1.82, 2.24) is 20.9 Å². The molecule has 1 saturated heterocycles. The zero-order valence-corrected chi connectivity index (χ0v) is 16.8. The van der Waals surface area contributed by atoms with Crippen LogP contribution in [0.25, 0.3) is 0 Å². The summed E-state index contributed by atoms with van der Waals surface area (Å²) >= 11 is 0. The Morgan fingerprint density at radius 2 is 1.93 bits per heavy atom. The van der Waals surface area contributed by atoms with E-state index in [1.165, 1.54) is 0 Å². The van der Waals surface area contributed by atoms with Crippen molar-refractivity contribution in [3.63, 3.8) is 0 Å². The van der Waals surface area contributed by atoms with Crippen LogP contribution in [0.1, 0.15) is 31.9 Å². The van der Waals surface area contributed by atoms with E-state index in [0.717, 1.165) is 10.5 Å². The highest BCUT2D eigenvalue weighted by molar-refractivity contribution is 6.08. The van der Waals surface area contributed by atoms with Gasteiger partial charge < -0.3 is 20.7 Å². The van der Waals surface area contributed by atoms with Crippen LogP contribution in [0.4, 0.5) is 9.59 Å². The Morgan fingerprint density at radius 1 is 1.24 bits per heavy atom. The van der Waals surface area contributed by atoms with Gasteiger partial charge in [0.05, 0.1) is 30.5 Å². The first-order chi connectivity index (χ1) is 13.7. The summed E-state index contributed by atoms with van der Waals surface area (Å²) in [6.07, 6.45) is 0. The minimum Gasteiger partial charge on any atom is -0.463 e. The number of hydrogen-bond acceptors (Lipinski definition) is 5. The molecule has 0 aliphatic carbocycles. The molecule has 0 bridgehead atoms. The topological polar surface area (TPSA) is 117 Å². The van der Waals surface area contributed by atoms with Crippen molar-refractivity contribution in [1.29, 1.82) is 0 Å². The molecule has 0 aromatic heterocycles.